The van der Waals surface area contributed by atoms with E-state index >= 15 is 0 Å². The second kappa shape index (κ2) is 6.26. The molecule has 6 nitrogen and oxygen atoms in total. The standard InChI is InChI=1S/C14H20N4O2S/c1-9(2)8-15-14(19)18(21)13-12-10(17(3)4)6-5-7-11(12)20-16-13/h5-7,9,21H,8H2,1-4H3,(H,15,19). The highest BCUT2D eigenvalue weighted by Crippen LogP contribution is 2.34. The monoisotopic (exact) mass is 308 g/mol. The minimum Gasteiger partial charge on any atom is -0.377 e. The summed E-state index contributed by atoms with van der Waals surface area (Å²) in [5.41, 5.74) is 1.53. The summed E-state index contributed by atoms with van der Waals surface area (Å²) in [7, 11) is 3.85. The molecule has 1 aromatic heterocycles. The first-order valence-corrected chi connectivity index (χ1v) is 7.14. The Balaban J connectivity index is 2.35. The van der Waals surface area contributed by atoms with Gasteiger partial charge in [-0.15, -0.1) is 0 Å². The lowest BCUT2D eigenvalue weighted by Gasteiger charge is -2.17. The number of urea groups is 1. The van der Waals surface area contributed by atoms with Crippen molar-refractivity contribution in [2.24, 2.45) is 5.92 Å². The van der Waals surface area contributed by atoms with E-state index in [2.05, 4.69) is 23.3 Å². The molecule has 0 aliphatic heterocycles. The third-order valence-electron chi connectivity index (χ3n) is 2.99. The molecule has 114 valence electrons. The molecule has 0 bridgehead atoms. The lowest BCUT2D eigenvalue weighted by Crippen LogP contribution is -2.36. The SMILES string of the molecule is CC(C)CNC(=O)N(S)c1noc2cccc(N(C)C)c12. The summed E-state index contributed by atoms with van der Waals surface area (Å²) in [6.45, 7) is 4.63. The van der Waals surface area contributed by atoms with Gasteiger partial charge in [-0.2, -0.15) is 0 Å². The Morgan fingerprint density at radius 1 is 1.43 bits per heavy atom. The Hall–Kier alpha value is -1.89. The Labute approximate surface area is 129 Å². The van der Waals surface area contributed by atoms with Gasteiger partial charge in [-0.1, -0.05) is 37.9 Å². The number of nitrogens with one attached hydrogen (secondary N) is 1. The molecule has 1 N–H and O–H groups in total. The van der Waals surface area contributed by atoms with E-state index in [1.807, 2.05) is 51.0 Å². The molecule has 0 spiro atoms. The first-order valence-electron chi connectivity index (χ1n) is 6.74. The van der Waals surface area contributed by atoms with Crippen molar-refractivity contribution in [3.63, 3.8) is 0 Å². The number of anilines is 2. The number of hydrogen-bond acceptors (Lipinski definition) is 5. The Bertz CT molecular complexity index is 639. The number of carbonyl (C=O) groups is 1. The average molecular weight is 308 g/mol. The van der Waals surface area contributed by atoms with Crippen molar-refractivity contribution in [2.45, 2.75) is 13.8 Å². The van der Waals surface area contributed by atoms with Gasteiger partial charge in [-0.25, -0.2) is 9.10 Å². The van der Waals surface area contributed by atoms with Crippen LogP contribution in [0, 0.1) is 5.92 Å². The van der Waals surface area contributed by atoms with Crippen molar-refractivity contribution in [1.29, 1.82) is 0 Å². The zero-order valence-electron chi connectivity index (χ0n) is 12.6. The summed E-state index contributed by atoms with van der Waals surface area (Å²) >= 11 is 4.25. The van der Waals surface area contributed by atoms with Gasteiger partial charge in [0.2, 0.25) is 0 Å². The van der Waals surface area contributed by atoms with Crippen LogP contribution in [0.25, 0.3) is 11.0 Å². The highest BCUT2D eigenvalue weighted by molar-refractivity contribution is 7.82. The predicted octanol–water partition coefficient (Wildman–Crippen LogP) is 2.91. The first-order chi connectivity index (χ1) is 9.91. The van der Waals surface area contributed by atoms with Crippen molar-refractivity contribution >= 4 is 41.3 Å². The fourth-order valence-corrected chi connectivity index (χ4v) is 2.15. The van der Waals surface area contributed by atoms with Crippen molar-refractivity contribution in [3.05, 3.63) is 18.2 Å². The summed E-state index contributed by atoms with van der Waals surface area (Å²) in [4.78, 5) is 14.1. The first kappa shape index (κ1) is 15.5. The van der Waals surface area contributed by atoms with Crippen LogP contribution in [0.4, 0.5) is 16.3 Å². The van der Waals surface area contributed by atoms with Gasteiger partial charge in [0.05, 0.1) is 11.1 Å². The minimum absolute atomic E-state index is 0.323. The van der Waals surface area contributed by atoms with Crippen LogP contribution in [0.5, 0.6) is 0 Å². The fourth-order valence-electron chi connectivity index (χ4n) is 1.94. The van der Waals surface area contributed by atoms with E-state index in [9.17, 15) is 4.79 Å². The smallest absolute Gasteiger partial charge is 0.333 e. The molecule has 2 rings (SSSR count). The zero-order valence-corrected chi connectivity index (χ0v) is 13.5. The van der Waals surface area contributed by atoms with E-state index in [1.54, 1.807) is 0 Å². The maximum Gasteiger partial charge on any atom is 0.333 e. The summed E-state index contributed by atoms with van der Waals surface area (Å²) in [6.07, 6.45) is 0. The van der Waals surface area contributed by atoms with Crippen LogP contribution in [0.3, 0.4) is 0 Å². The van der Waals surface area contributed by atoms with Gasteiger partial charge in [0, 0.05) is 20.6 Å². The molecule has 0 atom stereocenters. The Morgan fingerprint density at radius 2 is 2.14 bits per heavy atom. The molecule has 0 saturated heterocycles. The molecule has 2 aromatic rings. The number of hydrogen-bond donors (Lipinski definition) is 2. The topological polar surface area (TPSA) is 61.6 Å². The van der Waals surface area contributed by atoms with Gasteiger partial charge in [-0.05, 0) is 18.1 Å². The average Bonchev–Trinajstić information content (AvgIpc) is 2.87. The highest BCUT2D eigenvalue weighted by Gasteiger charge is 2.22. The number of fused-ring (bicyclic) bond motifs is 1. The zero-order chi connectivity index (χ0) is 15.6. The molecule has 0 radical (unpaired) electrons. The molecule has 0 fully saturated rings. The third kappa shape index (κ3) is 3.24. The number of carbonyl (C=O) groups excluding carboxylic acids is 1. The van der Waals surface area contributed by atoms with Crippen LogP contribution in [0.2, 0.25) is 0 Å². The van der Waals surface area contributed by atoms with E-state index in [4.69, 9.17) is 4.52 Å². The summed E-state index contributed by atoms with van der Waals surface area (Å²) < 4.78 is 6.47. The van der Waals surface area contributed by atoms with E-state index in [1.165, 1.54) is 4.31 Å². The number of rotatable bonds is 4. The Kier molecular flexibility index (Phi) is 4.62. The molecular formula is C14H20N4O2S. The van der Waals surface area contributed by atoms with Crippen LogP contribution >= 0.6 is 12.8 Å². The summed E-state index contributed by atoms with van der Waals surface area (Å²) in [5, 5.41) is 7.53. The summed E-state index contributed by atoms with van der Waals surface area (Å²) in [6, 6.07) is 5.31. The largest absolute Gasteiger partial charge is 0.377 e. The van der Waals surface area contributed by atoms with Crippen LogP contribution in [-0.2, 0) is 0 Å². The van der Waals surface area contributed by atoms with E-state index < -0.39 is 0 Å². The normalized spacial score (nSPS) is 11.0. The number of thiol groups is 1. The predicted molar refractivity (Wildman–Crippen MR) is 88.0 cm³/mol. The second-order valence-electron chi connectivity index (χ2n) is 5.44. The Morgan fingerprint density at radius 3 is 2.76 bits per heavy atom. The maximum atomic E-state index is 12.1. The molecule has 0 aliphatic rings. The van der Waals surface area contributed by atoms with E-state index in [0.717, 1.165) is 11.1 Å². The molecular weight excluding hydrogens is 288 g/mol. The number of benzene rings is 1. The van der Waals surface area contributed by atoms with Crippen molar-refractivity contribution in [1.82, 2.24) is 10.5 Å². The molecule has 0 unspecified atom stereocenters. The van der Waals surface area contributed by atoms with Crippen LogP contribution < -0.4 is 14.5 Å². The van der Waals surface area contributed by atoms with Gasteiger partial charge < -0.3 is 14.7 Å². The van der Waals surface area contributed by atoms with Gasteiger partial charge in [-0.3, -0.25) is 0 Å². The van der Waals surface area contributed by atoms with E-state index in [-0.39, 0.29) is 6.03 Å². The fraction of sp³-hybridized carbons (Fsp3) is 0.429. The molecule has 21 heavy (non-hydrogen) atoms. The highest BCUT2D eigenvalue weighted by atomic mass is 32.1. The van der Waals surface area contributed by atoms with Crippen LogP contribution in [0.1, 0.15) is 13.8 Å². The number of aromatic nitrogens is 1. The van der Waals surface area contributed by atoms with E-state index in [0.29, 0.717) is 23.9 Å². The van der Waals surface area contributed by atoms with Gasteiger partial charge in [0.1, 0.15) is 0 Å². The van der Waals surface area contributed by atoms with Crippen molar-refractivity contribution in [2.75, 3.05) is 29.8 Å². The molecule has 2 amide bonds. The lowest BCUT2D eigenvalue weighted by molar-refractivity contribution is 0.248. The van der Waals surface area contributed by atoms with Crippen LogP contribution in [-0.4, -0.2) is 31.8 Å². The van der Waals surface area contributed by atoms with Crippen molar-refractivity contribution < 1.29 is 9.32 Å². The molecule has 7 heteroatoms. The minimum atomic E-state index is -0.323. The quantitative estimate of drug-likeness (QED) is 0.853. The lowest BCUT2D eigenvalue weighted by atomic mass is 10.2. The molecule has 1 aromatic carbocycles. The molecule has 0 saturated carbocycles. The maximum absolute atomic E-state index is 12.1. The molecule has 1 heterocycles. The summed E-state index contributed by atoms with van der Waals surface area (Å²) in [5.74, 6) is 0.751. The second-order valence-corrected chi connectivity index (χ2v) is 5.84. The van der Waals surface area contributed by atoms with Gasteiger partial charge in [0.15, 0.2) is 11.4 Å². The van der Waals surface area contributed by atoms with Gasteiger partial charge >= 0.3 is 6.03 Å². The third-order valence-corrected chi connectivity index (χ3v) is 3.37. The van der Waals surface area contributed by atoms with Crippen LogP contribution in [0.15, 0.2) is 22.7 Å². The number of nitrogens with zero attached hydrogens (tertiary/aromatic N) is 3. The number of amides is 2. The van der Waals surface area contributed by atoms with Gasteiger partial charge in [0.25, 0.3) is 0 Å². The molecule has 0 aliphatic carbocycles. The van der Waals surface area contributed by atoms with Crippen molar-refractivity contribution in [3.8, 4) is 0 Å².